The Morgan fingerprint density at radius 2 is 1.92 bits per heavy atom. The number of hydrogen-bond acceptors (Lipinski definition) is 3. The minimum Gasteiger partial charge on any atom is -0.310 e. The van der Waals surface area contributed by atoms with Gasteiger partial charge in [0, 0.05) is 11.0 Å². The average Bonchev–Trinajstić information content (AvgIpc) is 3.09. The molecule has 4 nitrogen and oxygen atoms in total. The molecule has 1 heterocycles. The van der Waals surface area contributed by atoms with E-state index >= 15 is 0 Å². The van der Waals surface area contributed by atoms with E-state index in [-0.39, 0.29) is 17.2 Å². The summed E-state index contributed by atoms with van der Waals surface area (Å²) in [6, 6.07) is 16.7. The number of aromatic nitrogens is 2. The monoisotopic (exact) mass is 353 g/mol. The summed E-state index contributed by atoms with van der Waals surface area (Å²) in [5, 5.41) is 9.52. The molecule has 0 saturated carbocycles. The lowest BCUT2D eigenvalue weighted by molar-refractivity contribution is -0.115. The van der Waals surface area contributed by atoms with Gasteiger partial charge in [-0.3, -0.25) is 4.79 Å². The van der Waals surface area contributed by atoms with Gasteiger partial charge in [-0.05, 0) is 43.2 Å². The first kappa shape index (κ1) is 17.5. The number of fused-ring (bicyclic) bond motifs is 1. The summed E-state index contributed by atoms with van der Waals surface area (Å²) in [4.78, 5) is 13.7. The van der Waals surface area contributed by atoms with Crippen LogP contribution < -0.4 is 5.32 Å². The summed E-state index contributed by atoms with van der Waals surface area (Å²) in [5.74, 6) is 0.744. The van der Waals surface area contributed by atoms with E-state index in [9.17, 15) is 4.79 Å². The summed E-state index contributed by atoms with van der Waals surface area (Å²) < 4.78 is 1.87. The fourth-order valence-electron chi connectivity index (χ4n) is 2.66. The number of rotatable bonds is 6. The van der Waals surface area contributed by atoms with Crippen LogP contribution in [0.4, 0.5) is 5.82 Å². The summed E-state index contributed by atoms with van der Waals surface area (Å²) in [5.41, 5.74) is 0. The van der Waals surface area contributed by atoms with Crippen molar-refractivity contribution in [3.8, 4) is 0 Å². The number of benzene rings is 2. The fourth-order valence-corrected chi connectivity index (χ4v) is 3.58. The van der Waals surface area contributed by atoms with Crippen molar-refractivity contribution in [3.63, 3.8) is 0 Å². The Kier molecular flexibility index (Phi) is 5.43. The van der Waals surface area contributed by atoms with Crippen molar-refractivity contribution in [2.24, 2.45) is 0 Å². The van der Waals surface area contributed by atoms with E-state index in [0.717, 1.165) is 17.1 Å². The van der Waals surface area contributed by atoms with Crippen LogP contribution in [0.25, 0.3) is 10.8 Å². The Balaban J connectivity index is 1.69. The Labute approximate surface area is 152 Å². The molecule has 0 aliphatic rings. The smallest absolute Gasteiger partial charge is 0.238 e. The molecule has 1 amide bonds. The zero-order valence-corrected chi connectivity index (χ0v) is 15.6. The number of anilines is 1. The van der Waals surface area contributed by atoms with Crippen LogP contribution in [-0.2, 0) is 4.79 Å². The largest absolute Gasteiger partial charge is 0.310 e. The van der Waals surface area contributed by atoms with Gasteiger partial charge in [0.2, 0.25) is 5.91 Å². The molecule has 0 saturated heterocycles. The van der Waals surface area contributed by atoms with Crippen LogP contribution in [-0.4, -0.2) is 20.9 Å². The number of hydrogen-bond donors (Lipinski definition) is 1. The van der Waals surface area contributed by atoms with Crippen molar-refractivity contribution in [1.82, 2.24) is 9.78 Å². The van der Waals surface area contributed by atoms with Gasteiger partial charge in [0.15, 0.2) is 0 Å². The molecule has 1 N–H and O–H groups in total. The lowest BCUT2D eigenvalue weighted by Gasteiger charge is -2.16. The molecule has 3 rings (SSSR count). The number of nitrogens with zero attached hydrogens (tertiary/aromatic N) is 2. The van der Waals surface area contributed by atoms with E-state index in [1.165, 1.54) is 10.8 Å². The molecule has 25 heavy (non-hydrogen) atoms. The first-order chi connectivity index (χ1) is 12.1. The minimum absolute atomic E-state index is 0.0109. The number of amides is 1. The standard InChI is InChI=1S/C20H23N3OS/c1-4-14(2)23-19(11-12-21-23)22-20(24)15(3)25-18-10-9-16-7-5-6-8-17(16)13-18/h5-15H,4H2,1-3H3,(H,22,24)/t14-,15-/m0/s1. The normalized spacial score (nSPS) is 13.6. The summed E-state index contributed by atoms with van der Waals surface area (Å²) in [6.45, 7) is 6.13. The number of nitrogens with one attached hydrogen (secondary N) is 1. The summed E-state index contributed by atoms with van der Waals surface area (Å²) in [6.07, 6.45) is 2.69. The Morgan fingerprint density at radius 3 is 2.68 bits per heavy atom. The molecule has 0 bridgehead atoms. The number of carbonyl (C=O) groups excluding carboxylic acids is 1. The third-order valence-electron chi connectivity index (χ3n) is 4.33. The van der Waals surface area contributed by atoms with Crippen LogP contribution in [0.3, 0.4) is 0 Å². The van der Waals surface area contributed by atoms with Crippen molar-refractivity contribution in [3.05, 3.63) is 54.7 Å². The van der Waals surface area contributed by atoms with Crippen LogP contribution in [0.15, 0.2) is 59.6 Å². The van der Waals surface area contributed by atoms with Gasteiger partial charge in [0.05, 0.1) is 17.5 Å². The SMILES string of the molecule is CC[C@H](C)n1nccc1NC(=O)[C@H](C)Sc1ccc2ccccc2c1. The van der Waals surface area contributed by atoms with Gasteiger partial charge in [-0.25, -0.2) is 4.68 Å². The van der Waals surface area contributed by atoms with Crippen molar-refractivity contribution in [1.29, 1.82) is 0 Å². The van der Waals surface area contributed by atoms with E-state index in [2.05, 4.69) is 54.6 Å². The third kappa shape index (κ3) is 4.04. The second-order valence-corrected chi connectivity index (χ2v) is 7.59. The Bertz CT molecular complexity index is 874. The van der Waals surface area contributed by atoms with E-state index < -0.39 is 0 Å². The Hall–Kier alpha value is -2.27. The quantitative estimate of drug-likeness (QED) is 0.625. The molecule has 5 heteroatoms. The molecule has 0 radical (unpaired) electrons. The molecule has 0 fully saturated rings. The lowest BCUT2D eigenvalue weighted by Crippen LogP contribution is -2.24. The van der Waals surface area contributed by atoms with Gasteiger partial charge in [0.1, 0.15) is 5.82 Å². The van der Waals surface area contributed by atoms with Crippen LogP contribution in [0.1, 0.15) is 33.2 Å². The first-order valence-electron chi connectivity index (χ1n) is 8.58. The number of carbonyl (C=O) groups is 1. The minimum atomic E-state index is -0.193. The average molecular weight is 353 g/mol. The van der Waals surface area contributed by atoms with Gasteiger partial charge in [0.25, 0.3) is 0 Å². The molecule has 0 aliphatic carbocycles. The van der Waals surface area contributed by atoms with E-state index in [1.807, 2.05) is 29.8 Å². The fraction of sp³-hybridized carbons (Fsp3) is 0.300. The highest BCUT2D eigenvalue weighted by Crippen LogP contribution is 2.28. The molecule has 1 aromatic heterocycles. The van der Waals surface area contributed by atoms with Crippen LogP contribution in [0, 0.1) is 0 Å². The molecule has 0 unspecified atom stereocenters. The topological polar surface area (TPSA) is 46.9 Å². The zero-order chi connectivity index (χ0) is 17.8. The van der Waals surface area contributed by atoms with Gasteiger partial charge in [-0.1, -0.05) is 37.3 Å². The van der Waals surface area contributed by atoms with E-state index in [0.29, 0.717) is 0 Å². The maximum atomic E-state index is 12.6. The van der Waals surface area contributed by atoms with Crippen LogP contribution in [0.5, 0.6) is 0 Å². The molecule has 0 aliphatic heterocycles. The highest BCUT2D eigenvalue weighted by Gasteiger charge is 2.17. The highest BCUT2D eigenvalue weighted by molar-refractivity contribution is 8.00. The van der Waals surface area contributed by atoms with Crippen molar-refractivity contribution >= 4 is 34.3 Å². The van der Waals surface area contributed by atoms with Crippen molar-refractivity contribution < 1.29 is 4.79 Å². The summed E-state index contributed by atoms with van der Waals surface area (Å²) in [7, 11) is 0. The summed E-state index contributed by atoms with van der Waals surface area (Å²) >= 11 is 1.57. The predicted molar refractivity (Wildman–Crippen MR) is 105 cm³/mol. The molecule has 0 spiro atoms. The second-order valence-electron chi connectivity index (χ2n) is 6.18. The maximum Gasteiger partial charge on any atom is 0.238 e. The Morgan fingerprint density at radius 1 is 1.16 bits per heavy atom. The van der Waals surface area contributed by atoms with Gasteiger partial charge in [-0.2, -0.15) is 5.10 Å². The van der Waals surface area contributed by atoms with Crippen molar-refractivity contribution in [2.45, 2.75) is 43.4 Å². The van der Waals surface area contributed by atoms with Gasteiger partial charge in [-0.15, -0.1) is 11.8 Å². The molecule has 3 aromatic rings. The second kappa shape index (κ2) is 7.74. The van der Waals surface area contributed by atoms with Gasteiger partial charge < -0.3 is 5.32 Å². The maximum absolute atomic E-state index is 12.6. The molecular formula is C20H23N3OS. The number of thioether (sulfide) groups is 1. The zero-order valence-electron chi connectivity index (χ0n) is 14.8. The molecule has 130 valence electrons. The van der Waals surface area contributed by atoms with Crippen LogP contribution in [0.2, 0.25) is 0 Å². The van der Waals surface area contributed by atoms with Gasteiger partial charge >= 0.3 is 0 Å². The molecular weight excluding hydrogens is 330 g/mol. The molecule has 2 atom stereocenters. The first-order valence-corrected chi connectivity index (χ1v) is 9.46. The molecule has 2 aromatic carbocycles. The predicted octanol–water partition coefficient (Wildman–Crippen LogP) is 5.13. The van der Waals surface area contributed by atoms with E-state index in [1.54, 1.807) is 18.0 Å². The third-order valence-corrected chi connectivity index (χ3v) is 5.43. The lowest BCUT2D eigenvalue weighted by atomic mass is 10.1. The van der Waals surface area contributed by atoms with Crippen LogP contribution >= 0.6 is 11.8 Å². The van der Waals surface area contributed by atoms with Crippen molar-refractivity contribution in [2.75, 3.05) is 5.32 Å². The van der Waals surface area contributed by atoms with E-state index in [4.69, 9.17) is 0 Å². The highest BCUT2D eigenvalue weighted by atomic mass is 32.2.